The molecule has 0 aliphatic carbocycles. The van der Waals surface area contributed by atoms with E-state index in [1.54, 1.807) is 0 Å². The SMILES string of the molecule is Cc1cc(-c2cc(C)c(N)c(C)c2)cc(C)c1N.Cl.Cl.O. The third-order valence-corrected chi connectivity index (χ3v) is 3.52. The summed E-state index contributed by atoms with van der Waals surface area (Å²) in [5.74, 6) is 0. The van der Waals surface area contributed by atoms with Gasteiger partial charge in [-0.05, 0) is 85.3 Å². The number of benzene rings is 2. The Labute approximate surface area is 138 Å². The summed E-state index contributed by atoms with van der Waals surface area (Å²) in [6, 6.07) is 8.53. The predicted octanol–water partition coefficient (Wildman–Crippen LogP) is 3.77. The average molecular weight is 331 g/mol. The lowest BCUT2D eigenvalue weighted by atomic mass is 9.95. The number of hydrogen-bond donors (Lipinski definition) is 2. The van der Waals surface area contributed by atoms with Gasteiger partial charge in [-0.3, -0.25) is 0 Å². The van der Waals surface area contributed by atoms with E-state index in [1.165, 1.54) is 11.1 Å². The number of hydrogen-bond acceptors (Lipinski definition) is 2. The van der Waals surface area contributed by atoms with E-state index in [0.717, 1.165) is 33.6 Å². The standard InChI is InChI=1S/C16H20N2.2ClH.H2O/c1-9-5-13(6-10(2)15(9)17)14-7-11(3)16(18)12(4)8-14;;;/h5-8H,17-18H2,1-4H3;2*1H;1H2. The Morgan fingerprint density at radius 3 is 0.952 bits per heavy atom. The van der Waals surface area contributed by atoms with Crippen molar-refractivity contribution in [3.8, 4) is 11.1 Å². The number of nitrogen functional groups attached to an aromatic ring is 2. The average Bonchev–Trinajstić information content (AvgIpc) is 2.31. The van der Waals surface area contributed by atoms with Gasteiger partial charge in [0, 0.05) is 11.4 Å². The van der Waals surface area contributed by atoms with Gasteiger partial charge in [0.1, 0.15) is 0 Å². The first-order valence-corrected chi connectivity index (χ1v) is 6.14. The molecule has 0 bridgehead atoms. The monoisotopic (exact) mass is 330 g/mol. The maximum absolute atomic E-state index is 5.99. The molecule has 0 spiro atoms. The van der Waals surface area contributed by atoms with Crippen LogP contribution in [0, 0.1) is 27.7 Å². The summed E-state index contributed by atoms with van der Waals surface area (Å²) >= 11 is 0. The lowest BCUT2D eigenvalue weighted by Crippen LogP contribution is -1.97. The zero-order valence-electron chi connectivity index (χ0n) is 12.8. The first-order valence-electron chi connectivity index (χ1n) is 6.14. The predicted molar refractivity (Wildman–Crippen MR) is 97.8 cm³/mol. The van der Waals surface area contributed by atoms with Gasteiger partial charge < -0.3 is 16.9 Å². The molecule has 2 aromatic carbocycles. The van der Waals surface area contributed by atoms with E-state index in [0.29, 0.717) is 0 Å². The van der Waals surface area contributed by atoms with Crippen LogP contribution in [0.5, 0.6) is 0 Å². The second kappa shape index (κ2) is 8.13. The Morgan fingerprint density at radius 2 is 0.762 bits per heavy atom. The van der Waals surface area contributed by atoms with Crippen molar-refractivity contribution in [2.45, 2.75) is 27.7 Å². The van der Waals surface area contributed by atoms with Crippen LogP contribution in [0.4, 0.5) is 11.4 Å². The normalized spacial score (nSPS) is 9.14. The summed E-state index contributed by atoms with van der Waals surface area (Å²) in [7, 11) is 0. The maximum atomic E-state index is 5.99. The van der Waals surface area contributed by atoms with Gasteiger partial charge in [0.15, 0.2) is 0 Å². The molecule has 0 amide bonds. The largest absolute Gasteiger partial charge is 0.412 e. The van der Waals surface area contributed by atoms with Crippen molar-refractivity contribution in [1.29, 1.82) is 0 Å². The first-order chi connectivity index (χ1) is 8.40. The number of aryl methyl sites for hydroxylation is 4. The Morgan fingerprint density at radius 1 is 0.571 bits per heavy atom. The highest BCUT2D eigenvalue weighted by Gasteiger charge is 2.07. The molecule has 3 nitrogen and oxygen atoms in total. The van der Waals surface area contributed by atoms with Gasteiger partial charge in [-0.2, -0.15) is 0 Å². The van der Waals surface area contributed by atoms with Crippen LogP contribution in [-0.2, 0) is 0 Å². The molecular weight excluding hydrogens is 307 g/mol. The second-order valence-corrected chi connectivity index (χ2v) is 5.05. The molecule has 0 radical (unpaired) electrons. The summed E-state index contributed by atoms with van der Waals surface area (Å²) in [4.78, 5) is 0. The molecule has 0 saturated heterocycles. The van der Waals surface area contributed by atoms with Crippen molar-refractivity contribution < 1.29 is 5.48 Å². The highest BCUT2D eigenvalue weighted by atomic mass is 35.5. The fraction of sp³-hybridized carbons (Fsp3) is 0.250. The molecule has 0 aliphatic heterocycles. The Hall–Kier alpha value is -1.42. The number of anilines is 2. The van der Waals surface area contributed by atoms with E-state index >= 15 is 0 Å². The Kier molecular flexibility index (Phi) is 8.46. The molecule has 0 heterocycles. The first kappa shape index (κ1) is 21.9. The molecule has 6 N–H and O–H groups in total. The van der Waals surface area contributed by atoms with Crippen molar-refractivity contribution in [2.75, 3.05) is 11.5 Å². The van der Waals surface area contributed by atoms with Gasteiger partial charge in [0.25, 0.3) is 0 Å². The Bertz CT molecular complexity index is 526. The summed E-state index contributed by atoms with van der Waals surface area (Å²) in [5, 5.41) is 0. The lowest BCUT2D eigenvalue weighted by Gasteiger charge is -2.12. The smallest absolute Gasteiger partial charge is 0.0373 e. The highest BCUT2D eigenvalue weighted by molar-refractivity contribution is 5.85. The van der Waals surface area contributed by atoms with E-state index in [4.69, 9.17) is 11.5 Å². The molecule has 0 aromatic heterocycles. The summed E-state index contributed by atoms with van der Waals surface area (Å²) in [6.45, 7) is 8.18. The van der Waals surface area contributed by atoms with Crippen molar-refractivity contribution in [3.63, 3.8) is 0 Å². The van der Waals surface area contributed by atoms with Crippen LogP contribution >= 0.6 is 24.8 Å². The van der Waals surface area contributed by atoms with Crippen molar-refractivity contribution in [1.82, 2.24) is 0 Å². The zero-order valence-corrected chi connectivity index (χ0v) is 14.4. The molecule has 0 unspecified atom stereocenters. The van der Waals surface area contributed by atoms with Crippen molar-refractivity contribution in [2.24, 2.45) is 0 Å². The van der Waals surface area contributed by atoms with Crippen LogP contribution < -0.4 is 11.5 Å². The van der Waals surface area contributed by atoms with Gasteiger partial charge in [-0.25, -0.2) is 0 Å². The van der Waals surface area contributed by atoms with Crippen LogP contribution in [0.1, 0.15) is 22.3 Å². The van der Waals surface area contributed by atoms with E-state index in [9.17, 15) is 0 Å². The molecule has 0 atom stereocenters. The quantitative estimate of drug-likeness (QED) is 0.780. The molecule has 2 rings (SSSR count). The third kappa shape index (κ3) is 4.27. The van der Waals surface area contributed by atoms with Gasteiger partial charge in [-0.15, -0.1) is 24.8 Å². The molecule has 118 valence electrons. The van der Waals surface area contributed by atoms with Gasteiger partial charge in [-0.1, -0.05) is 0 Å². The number of nitrogens with two attached hydrogens (primary N) is 2. The van der Waals surface area contributed by atoms with Crippen LogP contribution in [-0.4, -0.2) is 5.48 Å². The van der Waals surface area contributed by atoms with Crippen LogP contribution in [0.15, 0.2) is 24.3 Å². The van der Waals surface area contributed by atoms with Gasteiger partial charge >= 0.3 is 0 Å². The second-order valence-electron chi connectivity index (χ2n) is 5.05. The van der Waals surface area contributed by atoms with E-state index in [1.807, 2.05) is 27.7 Å². The molecule has 0 fully saturated rings. The summed E-state index contributed by atoms with van der Waals surface area (Å²) < 4.78 is 0. The molecule has 21 heavy (non-hydrogen) atoms. The van der Waals surface area contributed by atoms with E-state index < -0.39 is 0 Å². The molecule has 5 heteroatoms. The minimum absolute atomic E-state index is 0. The highest BCUT2D eigenvalue weighted by Crippen LogP contribution is 2.30. The van der Waals surface area contributed by atoms with Crippen molar-refractivity contribution in [3.05, 3.63) is 46.5 Å². The van der Waals surface area contributed by atoms with Crippen LogP contribution in [0.2, 0.25) is 0 Å². The zero-order chi connectivity index (χ0) is 13.4. The topological polar surface area (TPSA) is 83.5 Å². The summed E-state index contributed by atoms with van der Waals surface area (Å²) in [6.07, 6.45) is 0. The van der Waals surface area contributed by atoms with Crippen molar-refractivity contribution >= 4 is 36.2 Å². The molecule has 0 saturated carbocycles. The minimum atomic E-state index is 0. The lowest BCUT2D eigenvalue weighted by molar-refractivity contribution is 0.824. The summed E-state index contributed by atoms with van der Waals surface area (Å²) in [5.41, 5.74) is 20.6. The fourth-order valence-electron chi connectivity index (χ4n) is 2.28. The molecular formula is C16H24Cl2N2O. The third-order valence-electron chi connectivity index (χ3n) is 3.52. The van der Waals surface area contributed by atoms with Crippen LogP contribution in [0.3, 0.4) is 0 Å². The van der Waals surface area contributed by atoms with Gasteiger partial charge in [0.2, 0.25) is 0 Å². The van der Waals surface area contributed by atoms with Crippen LogP contribution in [0.25, 0.3) is 11.1 Å². The number of rotatable bonds is 1. The molecule has 2 aromatic rings. The minimum Gasteiger partial charge on any atom is -0.412 e. The number of halogens is 2. The fourth-order valence-corrected chi connectivity index (χ4v) is 2.28. The van der Waals surface area contributed by atoms with E-state index in [-0.39, 0.29) is 30.3 Å². The molecule has 0 aliphatic rings. The maximum Gasteiger partial charge on any atom is 0.0373 e. The van der Waals surface area contributed by atoms with E-state index in [2.05, 4.69) is 24.3 Å². The Balaban J connectivity index is 0. The van der Waals surface area contributed by atoms with Gasteiger partial charge in [0.05, 0.1) is 0 Å².